The van der Waals surface area contributed by atoms with Crippen molar-refractivity contribution in [1.82, 2.24) is 4.90 Å². The minimum absolute atomic E-state index is 0. The van der Waals surface area contributed by atoms with E-state index in [2.05, 4.69) is 15.0 Å². The number of hydrogen-bond donors (Lipinski definition) is 4. The van der Waals surface area contributed by atoms with Gasteiger partial charge in [-0.15, -0.1) is 24.0 Å². The number of hydrogen-bond acceptors (Lipinski definition) is 8. The number of aliphatic imine (C=N–C) groups is 3. The van der Waals surface area contributed by atoms with Gasteiger partial charge in [-0.3, -0.25) is 15.3 Å². The number of nitrogens with one attached hydrogen (secondary N) is 1. The number of halogens is 2. The molecular weight excluding hydrogens is 337 g/mol. The lowest BCUT2D eigenvalue weighted by Crippen LogP contribution is -2.54. The van der Waals surface area contributed by atoms with Gasteiger partial charge in [0.1, 0.15) is 24.7 Å². The number of aliphatic hydroxyl groups excluding tert-OH is 3. The largest absolute Gasteiger partial charge is 0.394 e. The first-order chi connectivity index (χ1) is 10.0. The summed E-state index contributed by atoms with van der Waals surface area (Å²) in [4.78, 5) is 13.5. The molecule has 3 heterocycles. The molecule has 0 bridgehead atoms. The molecule has 0 aliphatic carbocycles. The Balaban J connectivity index is 0.00000176. The second kappa shape index (κ2) is 6.19. The lowest BCUT2D eigenvalue weighted by atomic mass is 9.99. The van der Waals surface area contributed by atoms with E-state index in [0.29, 0.717) is 5.84 Å². The van der Waals surface area contributed by atoms with Crippen LogP contribution in [0.3, 0.4) is 0 Å². The van der Waals surface area contributed by atoms with Crippen molar-refractivity contribution in [2.24, 2.45) is 15.0 Å². The molecule has 0 amide bonds. The van der Waals surface area contributed by atoms with Gasteiger partial charge in [0.2, 0.25) is 0 Å². The van der Waals surface area contributed by atoms with E-state index < -0.39 is 36.7 Å². The smallest absolute Gasteiger partial charge is 0.192 e. The summed E-state index contributed by atoms with van der Waals surface area (Å²) in [5.41, 5.74) is -1.21. The van der Waals surface area contributed by atoms with Crippen molar-refractivity contribution in [3.63, 3.8) is 0 Å². The second-order valence-corrected chi connectivity index (χ2v) is 5.19. The van der Waals surface area contributed by atoms with Gasteiger partial charge in [-0.25, -0.2) is 9.98 Å². The van der Waals surface area contributed by atoms with Crippen LogP contribution in [-0.4, -0.2) is 87.1 Å². The van der Waals surface area contributed by atoms with Crippen LogP contribution in [0.4, 0.5) is 0 Å². The zero-order chi connectivity index (χ0) is 15.2. The SMILES string of the molecule is Cl.N=C1N=CN=C2N([C@@H]3O[C@H](CO)[C@@H](O)[C@H]3O)C=NC12CCl. The Labute approximate surface area is 136 Å². The summed E-state index contributed by atoms with van der Waals surface area (Å²) in [5.74, 6) is 0.199. The van der Waals surface area contributed by atoms with Crippen LogP contribution in [0.5, 0.6) is 0 Å². The molecule has 0 aromatic rings. The number of rotatable bonds is 3. The van der Waals surface area contributed by atoms with Gasteiger partial charge in [0.25, 0.3) is 0 Å². The summed E-state index contributed by atoms with van der Waals surface area (Å²) in [6.07, 6.45) is -1.80. The minimum atomic E-state index is -1.25. The van der Waals surface area contributed by atoms with Crippen LogP contribution < -0.4 is 0 Å². The second-order valence-electron chi connectivity index (χ2n) is 4.92. The summed E-state index contributed by atoms with van der Waals surface area (Å²) >= 11 is 5.93. The molecule has 0 aromatic heterocycles. The quantitative estimate of drug-likeness (QED) is 0.463. The maximum absolute atomic E-state index is 10.1. The topological polar surface area (TPSA) is 134 Å². The predicted octanol–water partition coefficient (Wildman–Crippen LogP) is -1.41. The van der Waals surface area contributed by atoms with Crippen LogP contribution in [0.2, 0.25) is 0 Å². The van der Waals surface area contributed by atoms with Crippen LogP contribution in [-0.2, 0) is 4.74 Å². The number of amidine groups is 2. The first-order valence-corrected chi connectivity index (χ1v) is 6.80. The monoisotopic (exact) mass is 351 g/mol. The molecule has 4 N–H and O–H groups in total. The fraction of sp³-hybridized carbons (Fsp3) is 0.636. The van der Waals surface area contributed by atoms with E-state index >= 15 is 0 Å². The molecule has 3 aliphatic rings. The van der Waals surface area contributed by atoms with E-state index in [0.717, 1.165) is 0 Å². The highest BCUT2D eigenvalue weighted by molar-refractivity contribution is 6.31. The predicted molar refractivity (Wildman–Crippen MR) is 82.4 cm³/mol. The number of nitrogens with zero attached hydrogens (tertiary/aromatic N) is 4. The van der Waals surface area contributed by atoms with Gasteiger partial charge in [0, 0.05) is 0 Å². The van der Waals surface area contributed by atoms with Crippen LogP contribution >= 0.6 is 24.0 Å². The molecule has 3 rings (SSSR count). The lowest BCUT2D eigenvalue weighted by molar-refractivity contribution is -0.0511. The highest BCUT2D eigenvalue weighted by Gasteiger charge is 2.54. The van der Waals surface area contributed by atoms with Crippen LogP contribution in [0, 0.1) is 5.41 Å². The summed E-state index contributed by atoms with van der Waals surface area (Å²) in [6.45, 7) is -0.426. The molecule has 122 valence electrons. The fourth-order valence-electron chi connectivity index (χ4n) is 2.53. The van der Waals surface area contributed by atoms with Gasteiger partial charge in [0.15, 0.2) is 23.4 Å². The molecule has 0 radical (unpaired) electrons. The Bertz CT molecular complexity index is 557. The molecular formula is C11H15Cl2N5O4. The van der Waals surface area contributed by atoms with E-state index in [1.54, 1.807) is 0 Å². The first kappa shape index (κ1) is 17.3. The minimum Gasteiger partial charge on any atom is -0.394 e. The number of fused-ring (bicyclic) bond motifs is 1. The summed E-state index contributed by atoms with van der Waals surface area (Å²) < 4.78 is 5.44. The molecule has 1 saturated heterocycles. The van der Waals surface area contributed by atoms with E-state index in [9.17, 15) is 10.2 Å². The van der Waals surface area contributed by atoms with Crippen molar-refractivity contribution in [1.29, 1.82) is 5.41 Å². The number of aliphatic hydroxyl groups is 3. The summed E-state index contributed by atoms with van der Waals surface area (Å²) in [7, 11) is 0. The standard InChI is InChI=1S/C11H14ClN5O4.ClH/c12-2-11-9(13)14-3-15-10(11)17(4-16-11)8-7(20)6(19)5(1-18)21-8;/h3-8,13,18-20H,1-2H2;1H/t5-,6-,7-,8-,11?;/m1./s1. The van der Waals surface area contributed by atoms with Gasteiger partial charge >= 0.3 is 0 Å². The Hall–Kier alpha value is -1.10. The Morgan fingerprint density at radius 2 is 2.14 bits per heavy atom. The zero-order valence-corrected chi connectivity index (χ0v) is 12.8. The highest BCUT2D eigenvalue weighted by atomic mass is 35.5. The van der Waals surface area contributed by atoms with Gasteiger partial charge in [-0.1, -0.05) is 0 Å². The maximum atomic E-state index is 10.1. The van der Waals surface area contributed by atoms with E-state index in [1.807, 2.05) is 0 Å². The Morgan fingerprint density at radius 3 is 2.73 bits per heavy atom. The maximum Gasteiger partial charge on any atom is 0.192 e. The third-order valence-corrected chi connectivity index (χ3v) is 4.15. The van der Waals surface area contributed by atoms with Crippen molar-refractivity contribution in [2.75, 3.05) is 12.5 Å². The molecule has 11 heteroatoms. The zero-order valence-electron chi connectivity index (χ0n) is 11.2. The molecule has 9 nitrogen and oxygen atoms in total. The van der Waals surface area contributed by atoms with Gasteiger partial charge < -0.3 is 20.1 Å². The highest BCUT2D eigenvalue weighted by Crippen LogP contribution is 2.32. The Morgan fingerprint density at radius 1 is 1.41 bits per heavy atom. The third-order valence-electron chi connectivity index (χ3n) is 3.76. The van der Waals surface area contributed by atoms with Crippen molar-refractivity contribution in [3.05, 3.63) is 0 Å². The molecule has 0 saturated carbocycles. The van der Waals surface area contributed by atoms with Gasteiger partial charge in [-0.2, -0.15) is 0 Å². The van der Waals surface area contributed by atoms with Crippen molar-refractivity contribution in [2.45, 2.75) is 30.1 Å². The molecule has 0 spiro atoms. The number of alkyl halides is 1. The lowest BCUT2D eigenvalue weighted by Gasteiger charge is -2.31. The van der Waals surface area contributed by atoms with Gasteiger partial charge in [-0.05, 0) is 0 Å². The first-order valence-electron chi connectivity index (χ1n) is 6.27. The summed E-state index contributed by atoms with van der Waals surface area (Å²) in [6, 6.07) is 0. The molecule has 5 atom stereocenters. The Kier molecular flexibility index (Phi) is 4.85. The molecule has 0 aromatic carbocycles. The summed E-state index contributed by atoms with van der Waals surface area (Å²) in [5, 5.41) is 36.9. The third kappa shape index (κ3) is 2.25. The van der Waals surface area contributed by atoms with E-state index in [4.69, 9.17) is 26.9 Å². The van der Waals surface area contributed by atoms with Crippen LogP contribution in [0.15, 0.2) is 15.0 Å². The van der Waals surface area contributed by atoms with Crippen LogP contribution in [0.25, 0.3) is 0 Å². The van der Waals surface area contributed by atoms with Crippen molar-refractivity contribution < 1.29 is 20.1 Å². The average Bonchev–Trinajstić information content (AvgIpc) is 3.00. The molecule has 1 fully saturated rings. The number of ether oxygens (including phenoxy) is 1. The van der Waals surface area contributed by atoms with Gasteiger partial charge in [0.05, 0.1) is 18.8 Å². The van der Waals surface area contributed by atoms with Crippen molar-refractivity contribution >= 4 is 48.4 Å². The van der Waals surface area contributed by atoms with Crippen molar-refractivity contribution in [3.8, 4) is 0 Å². The molecule has 3 aliphatic heterocycles. The molecule has 22 heavy (non-hydrogen) atoms. The average molecular weight is 352 g/mol. The molecule has 1 unspecified atom stereocenters. The van der Waals surface area contributed by atoms with Crippen LogP contribution in [0.1, 0.15) is 0 Å². The van der Waals surface area contributed by atoms with E-state index in [-0.39, 0.29) is 24.1 Å². The normalized spacial score (nSPS) is 39.7. The van der Waals surface area contributed by atoms with E-state index in [1.165, 1.54) is 17.6 Å². The fourth-order valence-corrected chi connectivity index (χ4v) is 2.84.